The summed E-state index contributed by atoms with van der Waals surface area (Å²) in [5, 5.41) is 11.5. The van der Waals surface area contributed by atoms with Crippen LogP contribution in [-0.2, 0) is 4.79 Å². The summed E-state index contributed by atoms with van der Waals surface area (Å²) in [7, 11) is 0. The number of carbonyl (C=O) groups excluding carboxylic acids is 1. The number of rotatable bonds is 2. The summed E-state index contributed by atoms with van der Waals surface area (Å²) in [6, 6.07) is 8.68. The monoisotopic (exact) mass is 426 g/mol. The molecule has 2 heteroatoms. The summed E-state index contributed by atoms with van der Waals surface area (Å²) in [6.07, 6.45) is 8.36. The molecule has 166 valence electrons. The van der Waals surface area contributed by atoms with Gasteiger partial charge in [-0.2, -0.15) is 0 Å². The van der Waals surface area contributed by atoms with Gasteiger partial charge in [-0.1, -0.05) is 54.8 Å². The highest BCUT2D eigenvalue weighted by Gasteiger charge is 2.60. The summed E-state index contributed by atoms with van der Waals surface area (Å²) in [6.45, 7) is 10.2. The van der Waals surface area contributed by atoms with Crippen LogP contribution in [0.3, 0.4) is 0 Å². The third kappa shape index (κ3) is 3.09. The van der Waals surface area contributed by atoms with Crippen LogP contribution in [0.1, 0.15) is 82.8 Å². The molecule has 2 nitrogen and oxygen atoms in total. The summed E-state index contributed by atoms with van der Waals surface area (Å²) in [5.41, 5.74) is 6.74. The maximum absolute atomic E-state index is 12.7. The van der Waals surface area contributed by atoms with Crippen molar-refractivity contribution in [2.24, 2.45) is 17.3 Å². The third-order valence-electron chi connectivity index (χ3n) is 9.07. The zero-order valence-electron chi connectivity index (χ0n) is 19.6. The normalized spacial score (nSPS) is 35.8. The summed E-state index contributed by atoms with van der Waals surface area (Å²) < 4.78 is 0. The van der Waals surface area contributed by atoms with Gasteiger partial charge in [-0.3, -0.25) is 4.79 Å². The molecule has 4 aliphatic carbocycles. The Balaban J connectivity index is 1.58. The second-order valence-electron chi connectivity index (χ2n) is 10.7. The quantitative estimate of drug-likeness (QED) is 0.558. The summed E-state index contributed by atoms with van der Waals surface area (Å²) >= 11 is 0. The third-order valence-corrected chi connectivity index (χ3v) is 9.07. The SMILES string of the molecule is C=C(C)c1ccc([C@@H]2CC(=O)C=C3CC[C@@H]4C(=C32)CC[C@@]2(C)[C@H]4CC[C@@]2(O)C#CC)cc1. The van der Waals surface area contributed by atoms with Crippen molar-refractivity contribution in [2.75, 3.05) is 0 Å². The van der Waals surface area contributed by atoms with Gasteiger partial charge >= 0.3 is 0 Å². The number of benzene rings is 1. The van der Waals surface area contributed by atoms with Crippen LogP contribution >= 0.6 is 0 Å². The lowest BCUT2D eigenvalue weighted by atomic mass is 9.54. The number of allylic oxidation sites excluding steroid dienone is 5. The average molecular weight is 427 g/mol. The van der Waals surface area contributed by atoms with Crippen LogP contribution in [0.15, 0.2) is 53.6 Å². The van der Waals surface area contributed by atoms with Crippen LogP contribution < -0.4 is 0 Å². The van der Waals surface area contributed by atoms with Crippen LogP contribution in [0.2, 0.25) is 0 Å². The zero-order chi connectivity index (χ0) is 22.7. The molecule has 0 aromatic heterocycles. The van der Waals surface area contributed by atoms with E-state index in [1.54, 1.807) is 5.57 Å². The standard InChI is InChI=1S/C30H34O2/c1-5-14-30(32)16-13-27-24-11-10-22-17-23(31)18-26(21-8-6-20(7-9-21)19(2)3)28(22)25(24)12-15-29(27,30)4/h6-9,17,24,26-27,32H,2,10-13,15-16,18H2,1,3-4H3/t24-,26+,27+,29+,30+/m1/s1. The second-order valence-corrected chi connectivity index (χ2v) is 10.7. The van der Waals surface area contributed by atoms with Crippen LogP contribution in [0, 0.1) is 29.1 Å². The smallest absolute Gasteiger partial charge is 0.156 e. The first-order valence-corrected chi connectivity index (χ1v) is 12.2. The van der Waals surface area contributed by atoms with Gasteiger partial charge in [0.05, 0.1) is 0 Å². The summed E-state index contributed by atoms with van der Waals surface area (Å²) in [5.74, 6) is 7.57. The molecule has 0 aliphatic heterocycles. The molecule has 1 aromatic carbocycles. The predicted molar refractivity (Wildman–Crippen MR) is 130 cm³/mol. The molecule has 0 bridgehead atoms. The number of carbonyl (C=O) groups is 1. The molecule has 2 fully saturated rings. The van der Waals surface area contributed by atoms with E-state index in [1.165, 1.54) is 16.7 Å². The van der Waals surface area contributed by atoms with E-state index in [0.29, 0.717) is 18.3 Å². The van der Waals surface area contributed by atoms with Crippen LogP contribution in [0.5, 0.6) is 0 Å². The van der Waals surface area contributed by atoms with Crippen molar-refractivity contribution in [3.05, 3.63) is 64.8 Å². The summed E-state index contributed by atoms with van der Waals surface area (Å²) in [4.78, 5) is 12.7. The van der Waals surface area contributed by atoms with Crippen LogP contribution in [0.25, 0.3) is 5.57 Å². The van der Waals surface area contributed by atoms with E-state index in [1.807, 2.05) is 19.9 Å². The van der Waals surface area contributed by atoms with Gasteiger partial charge in [-0.05, 0) is 92.6 Å². The number of aliphatic hydroxyl groups is 1. The van der Waals surface area contributed by atoms with Gasteiger partial charge < -0.3 is 5.11 Å². The molecule has 0 unspecified atom stereocenters. The number of hydrogen-bond acceptors (Lipinski definition) is 2. The van der Waals surface area contributed by atoms with Crippen molar-refractivity contribution in [2.45, 2.75) is 77.2 Å². The molecule has 0 spiro atoms. The lowest BCUT2D eigenvalue weighted by molar-refractivity contribution is -0.115. The Morgan fingerprint density at radius 1 is 1.16 bits per heavy atom. The highest BCUT2D eigenvalue weighted by Crippen LogP contribution is 2.64. The first-order valence-electron chi connectivity index (χ1n) is 12.2. The molecule has 0 heterocycles. The van der Waals surface area contributed by atoms with E-state index in [2.05, 4.69) is 49.6 Å². The number of ketones is 1. The van der Waals surface area contributed by atoms with E-state index in [9.17, 15) is 9.90 Å². The van der Waals surface area contributed by atoms with E-state index >= 15 is 0 Å². The molecule has 0 radical (unpaired) electrons. The number of fused-ring (bicyclic) bond motifs is 4. The minimum absolute atomic E-state index is 0.144. The molecule has 4 aliphatic rings. The van der Waals surface area contributed by atoms with Crippen molar-refractivity contribution in [1.82, 2.24) is 0 Å². The fourth-order valence-electron chi connectivity index (χ4n) is 7.35. The Morgan fingerprint density at radius 3 is 2.59 bits per heavy atom. The van der Waals surface area contributed by atoms with E-state index in [0.717, 1.165) is 49.7 Å². The van der Waals surface area contributed by atoms with Gasteiger partial charge in [0, 0.05) is 17.8 Å². The molecule has 1 N–H and O–H groups in total. The Morgan fingerprint density at radius 2 is 1.91 bits per heavy atom. The molecule has 32 heavy (non-hydrogen) atoms. The fraction of sp³-hybridized carbons (Fsp3) is 0.500. The minimum atomic E-state index is -0.862. The molecule has 5 rings (SSSR count). The Kier molecular flexibility index (Phi) is 5.10. The first-order chi connectivity index (χ1) is 15.3. The van der Waals surface area contributed by atoms with Gasteiger partial charge in [-0.25, -0.2) is 0 Å². The molecule has 0 amide bonds. The van der Waals surface area contributed by atoms with Crippen molar-refractivity contribution in [3.8, 4) is 11.8 Å². The fourth-order valence-corrected chi connectivity index (χ4v) is 7.35. The van der Waals surface area contributed by atoms with Crippen LogP contribution in [0.4, 0.5) is 0 Å². The molecular formula is C30H34O2. The van der Waals surface area contributed by atoms with Crippen molar-refractivity contribution in [3.63, 3.8) is 0 Å². The number of hydrogen-bond donors (Lipinski definition) is 1. The zero-order valence-corrected chi connectivity index (χ0v) is 19.6. The van der Waals surface area contributed by atoms with Gasteiger partial charge in [0.25, 0.3) is 0 Å². The maximum atomic E-state index is 12.7. The lowest BCUT2D eigenvalue weighted by Gasteiger charge is -2.51. The van der Waals surface area contributed by atoms with Gasteiger partial charge in [-0.15, -0.1) is 5.92 Å². The highest BCUT2D eigenvalue weighted by atomic mass is 16.3. The topological polar surface area (TPSA) is 37.3 Å². The molecule has 0 saturated heterocycles. The Hall–Kier alpha value is -2.37. The second kappa shape index (κ2) is 7.60. The van der Waals surface area contributed by atoms with Crippen LogP contribution in [-0.4, -0.2) is 16.5 Å². The molecule has 2 saturated carbocycles. The molecule has 1 aromatic rings. The minimum Gasteiger partial charge on any atom is -0.377 e. The van der Waals surface area contributed by atoms with Gasteiger partial charge in [0.2, 0.25) is 0 Å². The van der Waals surface area contributed by atoms with E-state index < -0.39 is 5.60 Å². The van der Waals surface area contributed by atoms with E-state index in [-0.39, 0.29) is 17.1 Å². The van der Waals surface area contributed by atoms with Gasteiger partial charge in [0.1, 0.15) is 5.60 Å². The van der Waals surface area contributed by atoms with Crippen molar-refractivity contribution >= 4 is 11.4 Å². The van der Waals surface area contributed by atoms with Gasteiger partial charge in [0.15, 0.2) is 5.78 Å². The van der Waals surface area contributed by atoms with Crippen molar-refractivity contribution < 1.29 is 9.90 Å². The largest absolute Gasteiger partial charge is 0.377 e. The lowest BCUT2D eigenvalue weighted by Crippen LogP contribution is -2.49. The molecular weight excluding hydrogens is 392 g/mol. The Labute approximate surface area is 192 Å². The molecule has 5 atom stereocenters. The van der Waals surface area contributed by atoms with E-state index in [4.69, 9.17) is 0 Å². The first kappa shape index (κ1) is 21.5. The highest BCUT2D eigenvalue weighted by molar-refractivity contribution is 5.94. The maximum Gasteiger partial charge on any atom is 0.156 e. The Bertz CT molecular complexity index is 1110. The predicted octanol–water partition coefficient (Wildman–Crippen LogP) is 6.37. The van der Waals surface area contributed by atoms with Crippen molar-refractivity contribution in [1.29, 1.82) is 0 Å². The average Bonchev–Trinajstić information content (AvgIpc) is 3.04.